The number of likely N-dealkylation sites (tertiary alicyclic amines) is 1. The van der Waals surface area contributed by atoms with Crippen LogP contribution >= 0.6 is 11.6 Å². The molecular formula is C14H19ClFNO. The zero-order chi connectivity index (χ0) is 13.3. The van der Waals surface area contributed by atoms with Crippen molar-refractivity contribution in [2.24, 2.45) is 5.41 Å². The SMILES string of the molecule is CC1(C)CN(Cc2cc(F)ccc2Cl)CCC1O. The molecule has 0 bridgehead atoms. The van der Waals surface area contributed by atoms with E-state index < -0.39 is 0 Å². The number of hydrogen-bond acceptors (Lipinski definition) is 2. The van der Waals surface area contributed by atoms with E-state index in [-0.39, 0.29) is 17.3 Å². The Hall–Kier alpha value is -0.640. The van der Waals surface area contributed by atoms with Crippen molar-refractivity contribution in [3.05, 3.63) is 34.6 Å². The predicted octanol–water partition coefficient (Wildman–Crippen LogP) is 3.07. The van der Waals surface area contributed by atoms with Crippen LogP contribution in [0.3, 0.4) is 0 Å². The summed E-state index contributed by atoms with van der Waals surface area (Å²) in [6.07, 6.45) is 0.483. The third kappa shape index (κ3) is 3.02. The Morgan fingerprint density at radius 3 is 2.89 bits per heavy atom. The quantitative estimate of drug-likeness (QED) is 0.894. The van der Waals surface area contributed by atoms with Gasteiger partial charge in [0.05, 0.1) is 6.10 Å². The van der Waals surface area contributed by atoms with Crippen molar-refractivity contribution < 1.29 is 9.50 Å². The second kappa shape index (κ2) is 5.16. The highest BCUT2D eigenvalue weighted by atomic mass is 35.5. The first-order chi connectivity index (χ1) is 8.38. The molecule has 1 unspecified atom stereocenters. The lowest BCUT2D eigenvalue weighted by Gasteiger charge is -2.41. The fourth-order valence-electron chi connectivity index (χ4n) is 2.50. The molecule has 1 atom stereocenters. The average Bonchev–Trinajstić information content (AvgIpc) is 2.28. The maximum atomic E-state index is 13.2. The van der Waals surface area contributed by atoms with Gasteiger partial charge in [-0.3, -0.25) is 4.90 Å². The highest BCUT2D eigenvalue weighted by Crippen LogP contribution is 2.30. The van der Waals surface area contributed by atoms with Crippen LogP contribution in [0, 0.1) is 11.2 Å². The van der Waals surface area contributed by atoms with Crippen LogP contribution in [0.1, 0.15) is 25.8 Å². The van der Waals surface area contributed by atoms with Gasteiger partial charge in [0, 0.05) is 30.1 Å². The Balaban J connectivity index is 2.08. The second-order valence-electron chi connectivity index (χ2n) is 5.74. The highest BCUT2D eigenvalue weighted by molar-refractivity contribution is 6.31. The number of halogens is 2. The summed E-state index contributed by atoms with van der Waals surface area (Å²) in [6.45, 7) is 6.35. The van der Waals surface area contributed by atoms with Gasteiger partial charge in [0.25, 0.3) is 0 Å². The molecule has 1 N–H and O–H groups in total. The van der Waals surface area contributed by atoms with Gasteiger partial charge in [0.2, 0.25) is 0 Å². The van der Waals surface area contributed by atoms with Crippen LogP contribution in [0.25, 0.3) is 0 Å². The molecule has 1 fully saturated rings. The maximum Gasteiger partial charge on any atom is 0.123 e. The highest BCUT2D eigenvalue weighted by Gasteiger charge is 2.34. The first-order valence-corrected chi connectivity index (χ1v) is 6.60. The van der Waals surface area contributed by atoms with E-state index in [0.29, 0.717) is 11.6 Å². The molecule has 1 saturated heterocycles. The second-order valence-corrected chi connectivity index (χ2v) is 6.15. The molecule has 0 aliphatic carbocycles. The van der Waals surface area contributed by atoms with E-state index in [0.717, 1.165) is 25.1 Å². The Bertz CT molecular complexity index is 436. The van der Waals surface area contributed by atoms with Crippen molar-refractivity contribution in [2.75, 3.05) is 13.1 Å². The lowest BCUT2D eigenvalue weighted by molar-refractivity contribution is -0.0270. The van der Waals surface area contributed by atoms with Crippen LogP contribution in [-0.4, -0.2) is 29.2 Å². The fraction of sp³-hybridized carbons (Fsp3) is 0.571. The molecule has 100 valence electrons. The first-order valence-electron chi connectivity index (χ1n) is 6.23. The maximum absolute atomic E-state index is 13.2. The number of aliphatic hydroxyl groups is 1. The number of nitrogens with zero attached hydrogens (tertiary/aromatic N) is 1. The Morgan fingerprint density at radius 2 is 2.22 bits per heavy atom. The molecule has 1 aromatic carbocycles. The van der Waals surface area contributed by atoms with Crippen molar-refractivity contribution in [1.82, 2.24) is 4.90 Å². The van der Waals surface area contributed by atoms with Crippen LogP contribution in [0.5, 0.6) is 0 Å². The number of rotatable bonds is 2. The summed E-state index contributed by atoms with van der Waals surface area (Å²) in [5.74, 6) is -0.259. The summed E-state index contributed by atoms with van der Waals surface area (Å²) in [7, 11) is 0. The largest absolute Gasteiger partial charge is 0.392 e. The smallest absolute Gasteiger partial charge is 0.123 e. The minimum Gasteiger partial charge on any atom is -0.392 e. The summed E-state index contributed by atoms with van der Waals surface area (Å²) in [5, 5.41) is 10.5. The zero-order valence-corrected chi connectivity index (χ0v) is 11.5. The van der Waals surface area contributed by atoms with Gasteiger partial charge in [-0.1, -0.05) is 25.4 Å². The molecule has 0 aromatic heterocycles. The third-order valence-corrected chi connectivity index (χ3v) is 4.02. The van der Waals surface area contributed by atoms with Gasteiger partial charge in [-0.25, -0.2) is 4.39 Å². The van der Waals surface area contributed by atoms with E-state index in [1.165, 1.54) is 12.1 Å². The summed E-state index contributed by atoms with van der Waals surface area (Å²) >= 11 is 6.07. The zero-order valence-electron chi connectivity index (χ0n) is 10.8. The van der Waals surface area contributed by atoms with Crippen molar-refractivity contribution >= 4 is 11.6 Å². The molecule has 1 heterocycles. The molecule has 0 amide bonds. The molecule has 18 heavy (non-hydrogen) atoms. The predicted molar refractivity (Wildman–Crippen MR) is 71.1 cm³/mol. The van der Waals surface area contributed by atoms with E-state index >= 15 is 0 Å². The van der Waals surface area contributed by atoms with E-state index in [4.69, 9.17) is 11.6 Å². The third-order valence-electron chi connectivity index (χ3n) is 3.65. The molecule has 0 spiro atoms. The number of hydrogen-bond donors (Lipinski definition) is 1. The monoisotopic (exact) mass is 271 g/mol. The summed E-state index contributed by atoms with van der Waals surface area (Å²) in [4.78, 5) is 2.22. The Labute approximate surface area is 112 Å². The summed E-state index contributed by atoms with van der Waals surface area (Å²) in [6, 6.07) is 4.45. The minimum atomic E-state index is -0.267. The minimum absolute atomic E-state index is 0.127. The molecule has 2 nitrogen and oxygen atoms in total. The molecular weight excluding hydrogens is 253 g/mol. The molecule has 0 radical (unpaired) electrons. The van der Waals surface area contributed by atoms with Crippen LogP contribution in [0.2, 0.25) is 5.02 Å². The normalized spacial score (nSPS) is 24.2. The summed E-state index contributed by atoms with van der Waals surface area (Å²) in [5.41, 5.74) is 0.682. The molecule has 2 rings (SSSR count). The van der Waals surface area contributed by atoms with Gasteiger partial charge in [0.1, 0.15) is 5.82 Å². The van der Waals surface area contributed by atoms with Gasteiger partial charge in [-0.15, -0.1) is 0 Å². The summed E-state index contributed by atoms with van der Waals surface area (Å²) < 4.78 is 13.2. The van der Waals surface area contributed by atoms with Crippen molar-refractivity contribution in [3.8, 4) is 0 Å². The van der Waals surface area contributed by atoms with E-state index in [1.807, 2.05) is 0 Å². The van der Waals surface area contributed by atoms with Crippen LogP contribution in [0.4, 0.5) is 4.39 Å². The molecule has 1 aliphatic rings. The van der Waals surface area contributed by atoms with Crippen molar-refractivity contribution in [1.29, 1.82) is 0 Å². The standard InChI is InChI=1S/C14H19ClFNO/c1-14(2)9-17(6-5-13(14)18)8-10-7-11(16)3-4-12(10)15/h3-4,7,13,18H,5-6,8-9H2,1-2H3. The van der Waals surface area contributed by atoms with Crippen LogP contribution in [0.15, 0.2) is 18.2 Å². The lowest BCUT2D eigenvalue weighted by Crippen LogP contribution is -2.48. The van der Waals surface area contributed by atoms with E-state index in [1.54, 1.807) is 6.07 Å². The van der Waals surface area contributed by atoms with E-state index in [2.05, 4.69) is 18.7 Å². The lowest BCUT2D eigenvalue weighted by atomic mass is 9.81. The first kappa shape index (κ1) is 13.8. The number of aliphatic hydroxyl groups excluding tert-OH is 1. The Morgan fingerprint density at radius 1 is 1.50 bits per heavy atom. The van der Waals surface area contributed by atoms with Gasteiger partial charge < -0.3 is 5.11 Å². The topological polar surface area (TPSA) is 23.5 Å². The van der Waals surface area contributed by atoms with Crippen LogP contribution < -0.4 is 0 Å². The fourth-order valence-corrected chi connectivity index (χ4v) is 2.67. The average molecular weight is 272 g/mol. The molecule has 1 aliphatic heterocycles. The molecule has 4 heteroatoms. The number of benzene rings is 1. The van der Waals surface area contributed by atoms with Gasteiger partial charge in [-0.2, -0.15) is 0 Å². The van der Waals surface area contributed by atoms with Crippen molar-refractivity contribution in [3.63, 3.8) is 0 Å². The van der Waals surface area contributed by atoms with Crippen LogP contribution in [-0.2, 0) is 6.54 Å². The van der Waals surface area contributed by atoms with Gasteiger partial charge in [0.15, 0.2) is 0 Å². The van der Waals surface area contributed by atoms with Crippen molar-refractivity contribution in [2.45, 2.75) is 32.9 Å². The van der Waals surface area contributed by atoms with E-state index in [9.17, 15) is 9.50 Å². The molecule has 1 aromatic rings. The van der Waals surface area contributed by atoms with Gasteiger partial charge >= 0.3 is 0 Å². The molecule has 0 saturated carbocycles. The Kier molecular flexibility index (Phi) is 3.95. The van der Waals surface area contributed by atoms with Gasteiger partial charge in [-0.05, 0) is 30.2 Å². The number of piperidine rings is 1.